The second-order valence-electron chi connectivity index (χ2n) is 17.3. The Morgan fingerprint density at radius 1 is 0.409 bits per heavy atom. The van der Waals surface area contributed by atoms with Gasteiger partial charge in [0.1, 0.15) is 30.2 Å². The summed E-state index contributed by atoms with van der Waals surface area (Å²) in [5, 5.41) is 5.70. The van der Waals surface area contributed by atoms with Crippen molar-refractivity contribution in [2.24, 2.45) is 0 Å². The van der Waals surface area contributed by atoms with Crippen LogP contribution in [0.1, 0.15) is 158 Å². The first-order chi connectivity index (χ1) is 31.1. The number of aromatic nitrogens is 3. The molecule has 0 N–H and O–H groups in total. The van der Waals surface area contributed by atoms with Gasteiger partial charge in [0.05, 0.1) is 13.1 Å². The van der Waals surface area contributed by atoms with Gasteiger partial charge in [0.25, 0.3) is 0 Å². The van der Waals surface area contributed by atoms with E-state index in [1.54, 1.807) is 35.3 Å². The number of para-hydroxylation sites is 3. The smallest absolute Gasteiger partial charge is 0.325 e. The number of hydrogen-bond acceptors (Lipinski definition) is 6. The van der Waals surface area contributed by atoms with Crippen LogP contribution in [0.2, 0.25) is 0 Å². The number of pyridine rings is 3. The van der Waals surface area contributed by atoms with Gasteiger partial charge in [0.2, 0.25) is 6.07 Å². The van der Waals surface area contributed by atoms with Crippen molar-refractivity contribution in [3.8, 4) is 6.07 Å². The van der Waals surface area contributed by atoms with E-state index in [1.807, 2.05) is 54.6 Å². The molecular weight excluding hydrogens is 1040 g/mol. The van der Waals surface area contributed by atoms with Crippen molar-refractivity contribution in [3.63, 3.8) is 0 Å². The van der Waals surface area contributed by atoms with Crippen LogP contribution in [0.3, 0.4) is 0 Å². The first kappa shape index (κ1) is 55.6. The van der Waals surface area contributed by atoms with Crippen molar-refractivity contribution in [1.29, 1.82) is 0 Å². The van der Waals surface area contributed by atoms with Crippen LogP contribution in [-0.4, -0.2) is 15.0 Å². The third kappa shape index (κ3) is 16.3. The van der Waals surface area contributed by atoms with E-state index in [9.17, 15) is 0 Å². The summed E-state index contributed by atoms with van der Waals surface area (Å²) in [6.45, 7) is 44.1. The molecule has 10 heteroatoms. The van der Waals surface area contributed by atoms with Crippen molar-refractivity contribution in [1.82, 2.24) is 15.0 Å². The Labute approximate surface area is 423 Å². The molecule has 3 aromatic heterocycles. The normalized spacial score (nSPS) is 11.2. The zero-order valence-corrected chi connectivity index (χ0v) is 46.0. The van der Waals surface area contributed by atoms with Crippen LogP contribution in [-0.2, 0) is 21.1 Å². The van der Waals surface area contributed by atoms with Crippen molar-refractivity contribution in [2.75, 3.05) is 0 Å². The Balaban J connectivity index is 0.000000237. The molecule has 0 radical (unpaired) electrons. The fraction of sp³-hybridized carbons (Fsp3) is 0.339. The predicted molar refractivity (Wildman–Crippen MR) is 278 cm³/mol. The molecule has 0 saturated carbocycles. The largest absolute Gasteiger partial charge is 0.346 e. The van der Waals surface area contributed by atoms with Crippen LogP contribution in [0.4, 0.5) is 17.1 Å². The van der Waals surface area contributed by atoms with Gasteiger partial charge in [0, 0.05) is 32.2 Å². The van der Waals surface area contributed by atoms with Crippen LogP contribution >= 0.6 is 35.3 Å². The zero-order chi connectivity index (χ0) is 47.6. The summed E-state index contributed by atoms with van der Waals surface area (Å²) in [6.07, 6.45) is 0.615. The summed E-state index contributed by atoms with van der Waals surface area (Å²) in [5.74, 6) is 2.69. The predicted octanol–water partition coefficient (Wildman–Crippen LogP) is 18.7. The van der Waals surface area contributed by atoms with Gasteiger partial charge in [-0.25, -0.2) is 24.6 Å². The number of hydrogen-bond donors (Lipinski definition) is 0. The van der Waals surface area contributed by atoms with Gasteiger partial charge in [-0.05, 0) is 105 Å². The minimum Gasteiger partial charge on any atom is -0.325 e. The third-order valence-corrected chi connectivity index (χ3v) is 12.9. The van der Waals surface area contributed by atoms with Gasteiger partial charge >= 0.3 is 5.69 Å². The molecule has 6 bridgehead atoms. The second kappa shape index (κ2) is 27.8. The van der Waals surface area contributed by atoms with E-state index in [-0.39, 0.29) is 21.1 Å². The van der Waals surface area contributed by atoms with E-state index >= 15 is 0 Å². The van der Waals surface area contributed by atoms with Crippen molar-refractivity contribution in [2.45, 2.75) is 155 Å². The number of rotatable bonds is 6. The summed E-state index contributed by atoms with van der Waals surface area (Å²) in [4.78, 5) is 25.7. The topological polar surface area (TPSA) is 51.8 Å². The van der Waals surface area contributed by atoms with Gasteiger partial charge in [-0.15, -0.1) is 0 Å². The molecule has 4 heterocycles. The van der Waals surface area contributed by atoms with Crippen molar-refractivity contribution in [3.05, 3.63) is 177 Å². The first-order valence-corrected chi connectivity index (χ1v) is 24.8. The molecule has 7 rings (SSSR count). The van der Waals surface area contributed by atoms with Crippen LogP contribution in [0.15, 0.2) is 139 Å². The molecule has 66 heavy (non-hydrogen) atoms. The van der Waals surface area contributed by atoms with Crippen LogP contribution in [0, 0.1) is 26.1 Å². The molecule has 6 aromatic rings. The molecule has 0 unspecified atom stereocenters. The Hall–Kier alpha value is -4.68. The van der Waals surface area contributed by atoms with E-state index in [2.05, 4.69) is 180 Å². The monoisotopic (exact) mass is 1100 g/mol. The molecule has 342 valence electrons. The zero-order valence-electron chi connectivity index (χ0n) is 40.6. The molecule has 0 fully saturated rings. The van der Waals surface area contributed by atoms with Gasteiger partial charge in [-0.2, -0.15) is 0 Å². The average Bonchev–Trinajstić information content (AvgIpc) is 3.28. The van der Waals surface area contributed by atoms with E-state index < -0.39 is 0 Å². The van der Waals surface area contributed by atoms with Crippen molar-refractivity contribution < 1.29 is 21.1 Å². The molecular formula is C56H64N6S3W. The molecule has 0 spiro atoms. The van der Waals surface area contributed by atoms with E-state index in [0.29, 0.717) is 41.9 Å². The Morgan fingerprint density at radius 3 is 0.818 bits per heavy atom. The maximum Gasteiger partial charge on any atom is 0.346 e. The fourth-order valence-corrected chi connectivity index (χ4v) is 9.47. The van der Waals surface area contributed by atoms with Gasteiger partial charge < -0.3 is 6.92 Å². The van der Waals surface area contributed by atoms with Gasteiger partial charge in [-0.1, -0.05) is 191 Å². The molecule has 1 aliphatic heterocycles. The van der Waals surface area contributed by atoms with Gasteiger partial charge in [0.15, 0.2) is 11.4 Å². The Kier molecular flexibility index (Phi) is 23.5. The maximum absolute atomic E-state index is 7.24. The number of fused-ring (bicyclic) bond motifs is 6. The molecule has 0 saturated heterocycles. The van der Waals surface area contributed by atoms with E-state index in [4.69, 9.17) is 13.1 Å². The maximum atomic E-state index is 7.24. The van der Waals surface area contributed by atoms with Crippen LogP contribution in [0.5, 0.6) is 0 Å². The summed E-state index contributed by atoms with van der Waals surface area (Å²) >= 11 is 4.75. The van der Waals surface area contributed by atoms with Gasteiger partial charge in [-0.3, -0.25) is 0 Å². The van der Waals surface area contributed by atoms with Crippen LogP contribution < -0.4 is 0 Å². The molecule has 0 atom stereocenters. The Morgan fingerprint density at radius 2 is 0.621 bits per heavy atom. The molecule has 0 aliphatic carbocycles. The molecule has 3 aromatic carbocycles. The summed E-state index contributed by atoms with van der Waals surface area (Å²) in [7, 11) is 0. The Bertz CT molecular complexity index is 2340. The fourth-order valence-electron chi connectivity index (χ4n) is 6.91. The molecule has 0 amide bonds. The number of nitrogens with zero attached hydrogens (tertiary/aromatic N) is 6. The van der Waals surface area contributed by atoms with E-state index in [1.165, 1.54) is 33.4 Å². The second-order valence-corrected chi connectivity index (χ2v) is 20.4. The minimum atomic E-state index is 0. The average molecular weight is 1100 g/mol. The SMILES string of the molecule is [C-]#[N+]c1c(C(C)C)cccc1C(C)C.[C-]#[N+]c1c(C(C)C)cccc1C(C)C.[CH2-]CC#[N+]c1c(C(C)C)cccc1C(C)C.[W].c1cc2nc(c1)Sc1cccc(n1)Sc1cccc(n1)S2. The standard InChI is InChI=1S/C15H9N3S3.C15H21N.2C13H17N.W/c1-4-10-16-11(5-1)20-13-7-3-9-15(18-13)21-14-8-2-6-12(17-14)19-10;1-6-10-16-15-13(11(2)3)8-7-9-14(15)12(4)5;2*1-9(2)11-7-6-8-12(10(3)4)13(11)14-5;/h1-9H;7-9,11-12H,1,6H2,2-5H3;2*6-10H,1-4H3;. The quantitative estimate of drug-likeness (QED) is 0.155. The minimum absolute atomic E-state index is 0. The summed E-state index contributed by atoms with van der Waals surface area (Å²) in [6, 6.07) is 39.8. The molecule has 6 nitrogen and oxygen atoms in total. The summed E-state index contributed by atoms with van der Waals surface area (Å²) in [5.41, 5.74) is 10.1. The summed E-state index contributed by atoms with van der Waals surface area (Å²) < 4.78 is 0. The first-order valence-electron chi connectivity index (χ1n) is 22.4. The van der Waals surface area contributed by atoms with Crippen LogP contribution in [0.25, 0.3) is 14.5 Å². The van der Waals surface area contributed by atoms with E-state index in [0.717, 1.165) is 47.2 Å². The third-order valence-electron chi connectivity index (χ3n) is 10.3. The van der Waals surface area contributed by atoms with Crippen molar-refractivity contribution >= 4 is 52.3 Å². The molecule has 1 aliphatic rings. The number of benzene rings is 3.